The van der Waals surface area contributed by atoms with Crippen LogP contribution in [0, 0.1) is 0 Å². The summed E-state index contributed by atoms with van der Waals surface area (Å²) in [4.78, 5) is 45.4. The van der Waals surface area contributed by atoms with E-state index < -0.39 is 5.54 Å². The number of amides is 2. The van der Waals surface area contributed by atoms with Gasteiger partial charge in [-0.05, 0) is 116 Å². The first-order valence-electron chi connectivity index (χ1n) is 27.2. The molecule has 1 aliphatic carbocycles. The maximum absolute atomic E-state index is 14.1. The molecule has 0 aromatic heterocycles. The molecule has 0 bridgehead atoms. The van der Waals surface area contributed by atoms with Crippen molar-refractivity contribution < 1.29 is 24.2 Å². The van der Waals surface area contributed by atoms with Crippen LogP contribution in [0.1, 0.15) is 265 Å². The van der Waals surface area contributed by atoms with Crippen LogP contribution in [0.15, 0.2) is 12.2 Å². The predicted molar refractivity (Wildman–Crippen MR) is 261 cm³/mol. The van der Waals surface area contributed by atoms with Gasteiger partial charge in [0.1, 0.15) is 11.6 Å². The average molecular weight is 872 g/mol. The Morgan fingerprint density at radius 1 is 0.645 bits per heavy atom. The molecule has 2 N–H and O–H groups in total. The Hall–Kier alpha value is -1.93. The van der Waals surface area contributed by atoms with Crippen molar-refractivity contribution in [1.29, 1.82) is 0 Å². The summed E-state index contributed by atoms with van der Waals surface area (Å²) in [5, 5.41) is 13.3. The first-order chi connectivity index (χ1) is 30.4. The van der Waals surface area contributed by atoms with Crippen LogP contribution in [0.5, 0.6) is 0 Å². The molecule has 1 saturated heterocycles. The Kier molecular flexibility index (Phi) is 34.8. The Balaban J connectivity index is 1.80. The van der Waals surface area contributed by atoms with Gasteiger partial charge < -0.3 is 25.0 Å². The van der Waals surface area contributed by atoms with Crippen molar-refractivity contribution in [3.63, 3.8) is 0 Å². The molecule has 8 heteroatoms. The Labute approximate surface area is 383 Å². The van der Waals surface area contributed by atoms with Gasteiger partial charge in [0.2, 0.25) is 11.8 Å². The quantitative estimate of drug-likeness (QED) is 0.0360. The lowest BCUT2D eigenvalue weighted by Gasteiger charge is -2.49. The zero-order chi connectivity index (χ0) is 44.8. The van der Waals surface area contributed by atoms with E-state index >= 15 is 0 Å². The lowest BCUT2D eigenvalue weighted by Crippen LogP contribution is -2.65. The maximum atomic E-state index is 14.1. The number of carbonyl (C=O) groups excluding carboxylic acids is 3. The summed E-state index contributed by atoms with van der Waals surface area (Å²) in [5.41, 5.74) is -0.753. The molecule has 0 atom stereocenters. The van der Waals surface area contributed by atoms with Gasteiger partial charge in [0.05, 0.1) is 6.10 Å². The number of piperidine rings is 1. The molecule has 0 spiro atoms. The van der Waals surface area contributed by atoms with E-state index in [0.717, 1.165) is 96.7 Å². The highest BCUT2D eigenvalue weighted by molar-refractivity contribution is 5.92. The van der Waals surface area contributed by atoms with Crippen LogP contribution < -0.4 is 5.32 Å². The summed E-state index contributed by atoms with van der Waals surface area (Å²) in [6.45, 7) is 10.6. The van der Waals surface area contributed by atoms with E-state index in [-0.39, 0.29) is 30.0 Å². The highest BCUT2D eigenvalue weighted by Crippen LogP contribution is 2.39. The number of allylic oxidation sites excluding steroid dienone is 2. The standard InChI is InChI=1S/C54H101N3O5/c1-4-7-10-13-16-17-18-19-20-21-22-23-24-25-28-33-44-55-53(61)54(42-34-43-54)57(46-35-45-56-47-40-49(58)41-48-56)51(59)38-31-32-39-52(60)62-50(36-29-26-14-11-8-5-2)37-30-27-15-12-9-6-3/h19-20,49-50,58H,4-18,21-48H2,1-3H3,(H,55,61)/b20-19-. The van der Waals surface area contributed by atoms with E-state index in [0.29, 0.717) is 38.8 Å². The monoisotopic (exact) mass is 872 g/mol. The lowest BCUT2D eigenvalue weighted by atomic mass is 9.74. The number of hydrogen-bond donors (Lipinski definition) is 2. The van der Waals surface area contributed by atoms with E-state index in [9.17, 15) is 19.5 Å². The van der Waals surface area contributed by atoms with Crippen molar-refractivity contribution in [3.05, 3.63) is 12.2 Å². The number of likely N-dealkylation sites (tertiary alicyclic amines) is 1. The summed E-state index contributed by atoms with van der Waals surface area (Å²) in [5.74, 6) is -0.0520. The smallest absolute Gasteiger partial charge is 0.306 e. The van der Waals surface area contributed by atoms with Crippen molar-refractivity contribution >= 4 is 17.8 Å². The fourth-order valence-electron chi connectivity index (χ4n) is 9.54. The van der Waals surface area contributed by atoms with Crippen LogP contribution in [-0.2, 0) is 19.1 Å². The average Bonchev–Trinajstić information content (AvgIpc) is 3.25. The van der Waals surface area contributed by atoms with Gasteiger partial charge in [-0.1, -0.05) is 155 Å². The summed E-state index contributed by atoms with van der Waals surface area (Å²) in [6, 6.07) is 0. The maximum Gasteiger partial charge on any atom is 0.306 e. The molecule has 0 unspecified atom stereocenters. The zero-order valence-electron chi connectivity index (χ0n) is 41.2. The van der Waals surface area contributed by atoms with E-state index in [4.69, 9.17) is 4.74 Å². The van der Waals surface area contributed by atoms with Crippen molar-refractivity contribution in [2.75, 3.05) is 32.7 Å². The van der Waals surface area contributed by atoms with E-state index in [2.05, 4.69) is 43.1 Å². The summed E-state index contributed by atoms with van der Waals surface area (Å²) in [6.07, 6.45) is 45.8. The highest BCUT2D eigenvalue weighted by atomic mass is 16.5. The second kappa shape index (κ2) is 38.3. The molecule has 8 nitrogen and oxygen atoms in total. The molecule has 1 aliphatic heterocycles. The van der Waals surface area contributed by atoms with Crippen LogP contribution >= 0.6 is 0 Å². The van der Waals surface area contributed by atoms with Gasteiger partial charge in [-0.2, -0.15) is 0 Å². The minimum Gasteiger partial charge on any atom is -0.462 e. The SMILES string of the molecule is CCCCCCCC/C=C\CCCCCCCCNC(=O)C1(N(CCCN2CCC(O)CC2)C(=O)CCCCC(=O)OC(CCCCCCCC)CCCCCCCC)CCC1. The third-order valence-corrected chi connectivity index (χ3v) is 13.9. The zero-order valence-corrected chi connectivity index (χ0v) is 41.2. The van der Waals surface area contributed by atoms with Gasteiger partial charge in [-0.15, -0.1) is 0 Å². The molecular formula is C54H101N3O5. The molecule has 2 fully saturated rings. The third kappa shape index (κ3) is 26.8. The lowest BCUT2D eigenvalue weighted by molar-refractivity contribution is -0.154. The molecule has 0 aromatic rings. The molecule has 2 aliphatic rings. The van der Waals surface area contributed by atoms with Gasteiger partial charge >= 0.3 is 5.97 Å². The molecule has 362 valence electrons. The fraction of sp³-hybridized carbons (Fsp3) is 0.907. The van der Waals surface area contributed by atoms with Gasteiger partial charge in [-0.3, -0.25) is 14.4 Å². The van der Waals surface area contributed by atoms with E-state index in [1.165, 1.54) is 141 Å². The minimum absolute atomic E-state index is 0.00833. The topological polar surface area (TPSA) is 99.2 Å². The summed E-state index contributed by atoms with van der Waals surface area (Å²) >= 11 is 0. The second-order valence-electron chi connectivity index (χ2n) is 19.5. The van der Waals surface area contributed by atoms with Crippen molar-refractivity contribution in [2.24, 2.45) is 0 Å². The minimum atomic E-state index is -0.753. The fourth-order valence-corrected chi connectivity index (χ4v) is 9.54. The van der Waals surface area contributed by atoms with Crippen LogP contribution in [0.2, 0.25) is 0 Å². The number of nitrogens with one attached hydrogen (secondary N) is 1. The van der Waals surface area contributed by atoms with Gasteiger partial charge in [0.25, 0.3) is 0 Å². The van der Waals surface area contributed by atoms with Gasteiger partial charge in [0, 0.05) is 39.0 Å². The van der Waals surface area contributed by atoms with Gasteiger partial charge in [-0.25, -0.2) is 0 Å². The number of hydrogen-bond acceptors (Lipinski definition) is 6. The first-order valence-corrected chi connectivity index (χ1v) is 27.2. The summed E-state index contributed by atoms with van der Waals surface area (Å²) < 4.78 is 6.09. The van der Waals surface area contributed by atoms with Crippen molar-refractivity contribution in [2.45, 2.75) is 283 Å². The summed E-state index contributed by atoms with van der Waals surface area (Å²) in [7, 11) is 0. The largest absolute Gasteiger partial charge is 0.462 e. The molecule has 1 saturated carbocycles. The normalized spacial score (nSPS) is 15.6. The van der Waals surface area contributed by atoms with Crippen LogP contribution in [-0.4, -0.2) is 83.2 Å². The highest BCUT2D eigenvalue weighted by Gasteiger charge is 2.50. The predicted octanol–water partition coefficient (Wildman–Crippen LogP) is 13.7. The number of carbonyl (C=O) groups is 3. The van der Waals surface area contributed by atoms with Crippen molar-refractivity contribution in [1.82, 2.24) is 15.1 Å². The Morgan fingerprint density at radius 2 is 1.13 bits per heavy atom. The number of aliphatic hydroxyl groups excluding tert-OH is 1. The molecule has 62 heavy (non-hydrogen) atoms. The number of nitrogens with zero attached hydrogens (tertiary/aromatic N) is 2. The van der Waals surface area contributed by atoms with Crippen LogP contribution in [0.3, 0.4) is 0 Å². The molecule has 2 rings (SSSR count). The number of esters is 1. The molecule has 0 aromatic carbocycles. The molecule has 2 amide bonds. The van der Waals surface area contributed by atoms with Crippen LogP contribution in [0.4, 0.5) is 0 Å². The first kappa shape index (κ1) is 56.2. The molecule has 0 radical (unpaired) electrons. The van der Waals surface area contributed by atoms with Crippen LogP contribution in [0.25, 0.3) is 0 Å². The second-order valence-corrected chi connectivity index (χ2v) is 19.5. The van der Waals surface area contributed by atoms with Gasteiger partial charge in [0.15, 0.2) is 0 Å². The number of ether oxygens (including phenoxy) is 1. The third-order valence-electron chi connectivity index (χ3n) is 13.9. The number of unbranched alkanes of at least 4 members (excludes halogenated alkanes) is 23. The van der Waals surface area contributed by atoms with E-state index in [1.54, 1.807) is 0 Å². The molecule has 1 heterocycles. The Morgan fingerprint density at radius 3 is 1.65 bits per heavy atom. The molecular weight excluding hydrogens is 771 g/mol. The Bertz CT molecular complexity index is 1100. The number of aliphatic hydroxyl groups is 1. The van der Waals surface area contributed by atoms with E-state index in [1.807, 2.05) is 4.90 Å². The van der Waals surface area contributed by atoms with Crippen molar-refractivity contribution in [3.8, 4) is 0 Å². The number of rotatable bonds is 42.